The van der Waals surface area contributed by atoms with Crippen LogP contribution in [0.25, 0.3) is 0 Å². The van der Waals surface area contributed by atoms with Gasteiger partial charge in [0.15, 0.2) is 0 Å². The second-order valence-corrected chi connectivity index (χ2v) is 7.39. The molecular weight excluding hydrogens is 343 g/mol. The molecule has 142 valence electrons. The highest BCUT2D eigenvalue weighted by molar-refractivity contribution is 6.05. The maximum absolute atomic E-state index is 13.8. The van der Waals surface area contributed by atoms with Crippen LogP contribution in [-0.2, 0) is 0 Å². The summed E-state index contributed by atoms with van der Waals surface area (Å²) in [4.78, 5) is 24.9. The van der Waals surface area contributed by atoms with Crippen molar-refractivity contribution in [2.75, 3.05) is 5.32 Å². The average molecular weight is 368 g/mol. The van der Waals surface area contributed by atoms with Gasteiger partial charge in [-0.15, -0.1) is 0 Å². The molecule has 1 fully saturated rings. The first-order chi connectivity index (χ1) is 12.9. The summed E-state index contributed by atoms with van der Waals surface area (Å²) in [6, 6.07) is 11.2. The third kappa shape index (κ3) is 4.73. The van der Waals surface area contributed by atoms with Crippen LogP contribution in [0.3, 0.4) is 0 Å². The largest absolute Gasteiger partial charge is 0.349 e. The number of benzene rings is 2. The Morgan fingerprint density at radius 3 is 2.41 bits per heavy atom. The molecule has 0 bridgehead atoms. The number of aryl methyl sites for hydroxylation is 1. The summed E-state index contributed by atoms with van der Waals surface area (Å²) < 4.78 is 13.8. The van der Waals surface area contributed by atoms with Crippen molar-refractivity contribution in [1.82, 2.24) is 5.32 Å². The van der Waals surface area contributed by atoms with Gasteiger partial charge in [-0.25, -0.2) is 4.39 Å². The third-order valence-corrected chi connectivity index (χ3v) is 5.22. The molecular formula is C22H25FN2O2. The van der Waals surface area contributed by atoms with Crippen LogP contribution < -0.4 is 10.6 Å². The van der Waals surface area contributed by atoms with Crippen LogP contribution in [0.4, 0.5) is 10.1 Å². The molecule has 27 heavy (non-hydrogen) atoms. The van der Waals surface area contributed by atoms with Gasteiger partial charge < -0.3 is 10.6 Å². The number of carbonyl (C=O) groups is 2. The molecule has 0 radical (unpaired) electrons. The van der Waals surface area contributed by atoms with Crippen LogP contribution in [0.15, 0.2) is 42.5 Å². The molecule has 0 unspecified atom stereocenters. The fourth-order valence-electron chi connectivity index (χ4n) is 3.41. The molecule has 1 aliphatic rings. The van der Waals surface area contributed by atoms with Crippen molar-refractivity contribution in [1.29, 1.82) is 0 Å². The van der Waals surface area contributed by atoms with Gasteiger partial charge in [-0.2, -0.15) is 0 Å². The minimum absolute atomic E-state index is 0.0249. The summed E-state index contributed by atoms with van der Waals surface area (Å²) in [5, 5.41) is 5.80. The zero-order chi connectivity index (χ0) is 19.4. The molecule has 2 N–H and O–H groups in total. The molecule has 5 heteroatoms. The molecule has 1 saturated carbocycles. The Bertz CT molecular complexity index is 842. The Hall–Kier alpha value is -2.69. The standard InChI is InChI=1S/C22H25FN2O2/c1-14-7-11-17(12-8-14)24-21(26)16-10-9-15(2)20(13-16)25-22(27)18-5-3-4-6-19(18)23/h3-6,9-10,13-14,17H,7-8,11-12H2,1-2H3,(H,24,26)(H,25,27). The smallest absolute Gasteiger partial charge is 0.258 e. The fraction of sp³-hybridized carbons (Fsp3) is 0.364. The predicted molar refractivity (Wildman–Crippen MR) is 104 cm³/mol. The molecule has 0 saturated heterocycles. The normalized spacial score (nSPS) is 19.4. The Labute approximate surface area is 159 Å². The number of anilines is 1. The van der Waals surface area contributed by atoms with E-state index in [1.165, 1.54) is 18.2 Å². The number of nitrogens with one attached hydrogen (secondary N) is 2. The number of carbonyl (C=O) groups excluding carboxylic acids is 2. The molecule has 1 aliphatic carbocycles. The molecule has 2 amide bonds. The van der Waals surface area contributed by atoms with E-state index in [0.717, 1.165) is 37.2 Å². The highest BCUT2D eigenvalue weighted by atomic mass is 19.1. The minimum atomic E-state index is -0.576. The topological polar surface area (TPSA) is 58.2 Å². The van der Waals surface area contributed by atoms with Crippen molar-refractivity contribution in [2.24, 2.45) is 5.92 Å². The molecule has 0 atom stereocenters. The zero-order valence-electron chi connectivity index (χ0n) is 15.7. The first-order valence-electron chi connectivity index (χ1n) is 9.41. The lowest BCUT2D eigenvalue weighted by Crippen LogP contribution is -2.37. The van der Waals surface area contributed by atoms with Crippen molar-refractivity contribution >= 4 is 17.5 Å². The van der Waals surface area contributed by atoms with E-state index in [4.69, 9.17) is 0 Å². The van der Waals surface area contributed by atoms with Gasteiger partial charge in [-0.3, -0.25) is 9.59 Å². The summed E-state index contributed by atoms with van der Waals surface area (Å²) in [6.07, 6.45) is 4.25. The molecule has 3 rings (SSSR count). The maximum atomic E-state index is 13.8. The van der Waals surface area contributed by atoms with Crippen molar-refractivity contribution in [3.63, 3.8) is 0 Å². The lowest BCUT2D eigenvalue weighted by molar-refractivity contribution is 0.0922. The van der Waals surface area contributed by atoms with Crippen LogP contribution in [0.2, 0.25) is 0 Å². The number of halogens is 1. The second kappa shape index (κ2) is 8.33. The molecule has 0 spiro atoms. The highest BCUT2D eigenvalue weighted by Crippen LogP contribution is 2.24. The van der Waals surface area contributed by atoms with Gasteiger partial charge in [0.05, 0.1) is 5.56 Å². The molecule has 2 aromatic rings. The third-order valence-electron chi connectivity index (χ3n) is 5.22. The van der Waals surface area contributed by atoms with Crippen molar-refractivity contribution in [2.45, 2.75) is 45.6 Å². The van der Waals surface area contributed by atoms with Crippen LogP contribution in [0, 0.1) is 18.7 Å². The van der Waals surface area contributed by atoms with Crippen molar-refractivity contribution < 1.29 is 14.0 Å². The predicted octanol–water partition coefficient (Wildman–Crippen LogP) is 4.69. The fourth-order valence-corrected chi connectivity index (χ4v) is 3.41. The quantitative estimate of drug-likeness (QED) is 0.822. The van der Waals surface area contributed by atoms with Crippen molar-refractivity contribution in [3.8, 4) is 0 Å². The summed E-state index contributed by atoms with van der Waals surface area (Å²) in [7, 11) is 0. The zero-order valence-corrected chi connectivity index (χ0v) is 15.7. The second-order valence-electron chi connectivity index (χ2n) is 7.39. The van der Waals surface area contributed by atoms with Gasteiger partial charge in [0.1, 0.15) is 5.82 Å². The number of hydrogen-bond donors (Lipinski definition) is 2. The van der Waals surface area contributed by atoms with Gasteiger partial charge >= 0.3 is 0 Å². The first kappa shape index (κ1) is 19.1. The Morgan fingerprint density at radius 2 is 1.70 bits per heavy atom. The van der Waals surface area contributed by atoms with E-state index in [1.54, 1.807) is 24.3 Å². The summed E-state index contributed by atoms with van der Waals surface area (Å²) in [5.74, 6) is -0.531. The molecule has 4 nitrogen and oxygen atoms in total. The molecule has 0 aromatic heterocycles. The van der Waals surface area contributed by atoms with E-state index in [9.17, 15) is 14.0 Å². The average Bonchev–Trinajstić information content (AvgIpc) is 2.65. The van der Waals surface area contributed by atoms with Gasteiger partial charge in [0.25, 0.3) is 11.8 Å². The van der Waals surface area contributed by atoms with E-state index in [2.05, 4.69) is 17.6 Å². The summed E-state index contributed by atoms with van der Waals surface area (Å²) in [5.41, 5.74) is 1.78. The highest BCUT2D eigenvalue weighted by Gasteiger charge is 2.21. The Balaban J connectivity index is 1.71. The molecule has 0 aliphatic heterocycles. The molecule has 0 heterocycles. The van der Waals surface area contributed by atoms with Crippen LogP contribution in [0.1, 0.15) is 58.9 Å². The van der Waals surface area contributed by atoms with Gasteiger partial charge in [0, 0.05) is 17.3 Å². The monoisotopic (exact) mass is 368 g/mol. The van der Waals surface area contributed by atoms with E-state index >= 15 is 0 Å². The van der Waals surface area contributed by atoms with Crippen LogP contribution in [0.5, 0.6) is 0 Å². The number of amides is 2. The maximum Gasteiger partial charge on any atom is 0.258 e. The summed E-state index contributed by atoms with van der Waals surface area (Å²) in [6.45, 7) is 4.07. The Morgan fingerprint density at radius 1 is 1.00 bits per heavy atom. The minimum Gasteiger partial charge on any atom is -0.349 e. The van der Waals surface area contributed by atoms with Gasteiger partial charge in [-0.1, -0.05) is 25.1 Å². The van der Waals surface area contributed by atoms with Crippen LogP contribution in [-0.4, -0.2) is 17.9 Å². The van der Waals surface area contributed by atoms with E-state index in [-0.39, 0.29) is 17.5 Å². The summed E-state index contributed by atoms with van der Waals surface area (Å²) >= 11 is 0. The SMILES string of the molecule is Cc1ccc(C(=O)NC2CCC(C)CC2)cc1NC(=O)c1ccccc1F. The van der Waals surface area contributed by atoms with E-state index in [0.29, 0.717) is 11.3 Å². The molecule has 2 aromatic carbocycles. The lowest BCUT2D eigenvalue weighted by Gasteiger charge is -2.27. The number of hydrogen-bond acceptors (Lipinski definition) is 2. The van der Waals surface area contributed by atoms with Crippen molar-refractivity contribution in [3.05, 3.63) is 65.0 Å². The van der Waals surface area contributed by atoms with Gasteiger partial charge in [0.2, 0.25) is 0 Å². The van der Waals surface area contributed by atoms with Gasteiger partial charge in [-0.05, 0) is 68.4 Å². The lowest BCUT2D eigenvalue weighted by atomic mass is 9.87. The first-order valence-corrected chi connectivity index (χ1v) is 9.41. The Kier molecular flexibility index (Phi) is 5.89. The van der Waals surface area contributed by atoms with E-state index in [1.807, 2.05) is 6.92 Å². The number of rotatable bonds is 4. The van der Waals surface area contributed by atoms with E-state index < -0.39 is 11.7 Å². The van der Waals surface area contributed by atoms with Crippen LogP contribution >= 0.6 is 0 Å².